The fourth-order valence-electron chi connectivity index (χ4n) is 2.29. The maximum atomic E-state index is 12.8. The minimum absolute atomic E-state index is 0.0432. The number of halogens is 4. The second-order valence-corrected chi connectivity index (χ2v) is 5.45. The van der Waals surface area contributed by atoms with Crippen molar-refractivity contribution in [3.05, 3.63) is 33.8 Å². The van der Waals surface area contributed by atoms with Crippen LogP contribution in [-0.4, -0.2) is 6.54 Å². The molecule has 0 spiro atoms. The number of hydrogen-bond donors (Lipinski definition) is 1. The molecule has 1 fully saturated rings. The zero-order valence-corrected chi connectivity index (χ0v) is 11.4. The van der Waals surface area contributed by atoms with Gasteiger partial charge in [-0.2, -0.15) is 13.2 Å². The van der Waals surface area contributed by atoms with Gasteiger partial charge in [0.25, 0.3) is 0 Å². The van der Waals surface area contributed by atoms with Crippen LogP contribution in [0.2, 0.25) is 0 Å². The van der Waals surface area contributed by atoms with E-state index >= 15 is 0 Å². The molecule has 5 heteroatoms. The first-order chi connectivity index (χ1) is 8.48. The van der Waals surface area contributed by atoms with E-state index in [2.05, 4.69) is 21.2 Å². The van der Waals surface area contributed by atoms with Gasteiger partial charge in [-0.15, -0.1) is 0 Å². The van der Waals surface area contributed by atoms with Gasteiger partial charge in [-0.3, -0.25) is 0 Å². The van der Waals surface area contributed by atoms with Gasteiger partial charge in [0.2, 0.25) is 0 Å². The minimum atomic E-state index is -4.31. The van der Waals surface area contributed by atoms with Gasteiger partial charge in [-0.1, -0.05) is 34.8 Å². The third-order valence-electron chi connectivity index (χ3n) is 3.26. The van der Waals surface area contributed by atoms with Gasteiger partial charge < -0.3 is 5.32 Å². The van der Waals surface area contributed by atoms with Crippen molar-refractivity contribution in [3.8, 4) is 0 Å². The molecule has 1 unspecified atom stereocenters. The normalized spacial score (nSPS) is 21.7. The maximum absolute atomic E-state index is 12.8. The van der Waals surface area contributed by atoms with Crippen LogP contribution >= 0.6 is 15.9 Å². The van der Waals surface area contributed by atoms with Crippen LogP contribution in [0.3, 0.4) is 0 Å². The second-order valence-electron chi connectivity index (χ2n) is 4.59. The summed E-state index contributed by atoms with van der Waals surface area (Å²) in [6.07, 6.45) is -0.0983. The first-order valence-corrected chi connectivity index (χ1v) is 6.88. The molecule has 0 amide bonds. The molecule has 1 aromatic carbocycles. The van der Waals surface area contributed by atoms with E-state index < -0.39 is 11.7 Å². The lowest BCUT2D eigenvalue weighted by molar-refractivity contribution is -0.138. The molecule has 1 nitrogen and oxygen atoms in total. The highest BCUT2D eigenvalue weighted by Crippen LogP contribution is 2.37. The summed E-state index contributed by atoms with van der Waals surface area (Å²) in [5.74, 6) is 0. The Kier molecular flexibility index (Phi) is 4.33. The lowest BCUT2D eigenvalue weighted by Gasteiger charge is -2.18. The average Bonchev–Trinajstić information content (AvgIpc) is 2.56. The van der Waals surface area contributed by atoms with Gasteiger partial charge in [0.1, 0.15) is 0 Å². The smallest absolute Gasteiger partial charge is 0.310 e. The van der Waals surface area contributed by atoms with Gasteiger partial charge >= 0.3 is 6.18 Å². The van der Waals surface area contributed by atoms with E-state index in [4.69, 9.17) is 0 Å². The zero-order valence-electron chi connectivity index (χ0n) is 9.86. The van der Waals surface area contributed by atoms with Crippen LogP contribution in [-0.2, 0) is 6.18 Å². The van der Waals surface area contributed by atoms with Crippen LogP contribution in [0.5, 0.6) is 0 Å². The Morgan fingerprint density at radius 1 is 1.17 bits per heavy atom. The molecule has 0 aliphatic carbocycles. The van der Waals surface area contributed by atoms with Crippen molar-refractivity contribution in [2.45, 2.75) is 37.9 Å². The Bertz CT molecular complexity index is 409. The Hall–Kier alpha value is -0.550. The summed E-state index contributed by atoms with van der Waals surface area (Å²) in [6.45, 7) is 0.877. The van der Waals surface area contributed by atoms with Crippen molar-refractivity contribution in [2.24, 2.45) is 0 Å². The van der Waals surface area contributed by atoms with E-state index in [9.17, 15) is 13.2 Å². The topological polar surface area (TPSA) is 12.0 Å². The van der Waals surface area contributed by atoms with E-state index in [1.807, 2.05) is 0 Å². The molecule has 18 heavy (non-hydrogen) atoms. The van der Waals surface area contributed by atoms with Crippen LogP contribution < -0.4 is 5.32 Å². The molecular weight excluding hydrogens is 307 g/mol. The standard InChI is InChI=1S/C13H15BrF3N/c14-11-6-5-9(8-10(11)13(15,16)17)12-4-2-1-3-7-18-12/h5-6,8,12,18H,1-4,7H2. The van der Waals surface area contributed by atoms with Crippen LogP contribution in [0, 0.1) is 0 Å². The molecule has 2 rings (SSSR count). The zero-order chi connectivity index (χ0) is 13.2. The lowest BCUT2D eigenvalue weighted by atomic mass is 10.00. The summed E-state index contributed by atoms with van der Waals surface area (Å²) < 4.78 is 38.6. The van der Waals surface area contributed by atoms with E-state index in [-0.39, 0.29) is 10.5 Å². The second kappa shape index (κ2) is 5.61. The molecular formula is C13H15BrF3N. The van der Waals surface area contributed by atoms with Crippen LogP contribution in [0.4, 0.5) is 13.2 Å². The molecule has 0 aromatic heterocycles. The average molecular weight is 322 g/mol. The number of nitrogens with one attached hydrogen (secondary N) is 1. The minimum Gasteiger partial charge on any atom is -0.310 e. The number of benzene rings is 1. The molecule has 1 aromatic rings. The highest BCUT2D eigenvalue weighted by Gasteiger charge is 2.33. The molecule has 0 saturated carbocycles. The van der Waals surface area contributed by atoms with Crippen molar-refractivity contribution >= 4 is 15.9 Å². The summed E-state index contributed by atoms with van der Waals surface area (Å²) in [5, 5.41) is 3.31. The fraction of sp³-hybridized carbons (Fsp3) is 0.538. The van der Waals surface area contributed by atoms with Crippen molar-refractivity contribution in [2.75, 3.05) is 6.54 Å². The highest BCUT2D eigenvalue weighted by atomic mass is 79.9. The third-order valence-corrected chi connectivity index (χ3v) is 3.95. The van der Waals surface area contributed by atoms with E-state index in [1.165, 1.54) is 12.1 Å². The fourth-order valence-corrected chi connectivity index (χ4v) is 2.76. The van der Waals surface area contributed by atoms with Crippen molar-refractivity contribution < 1.29 is 13.2 Å². The van der Waals surface area contributed by atoms with Crippen molar-refractivity contribution in [1.29, 1.82) is 0 Å². The molecule has 1 aliphatic rings. The quantitative estimate of drug-likeness (QED) is 0.792. The molecule has 1 atom stereocenters. The lowest BCUT2D eigenvalue weighted by Crippen LogP contribution is -2.21. The monoisotopic (exact) mass is 321 g/mol. The largest absolute Gasteiger partial charge is 0.417 e. The first kappa shape index (κ1) is 13.9. The van der Waals surface area contributed by atoms with Crippen molar-refractivity contribution in [3.63, 3.8) is 0 Å². The molecule has 100 valence electrons. The predicted molar refractivity (Wildman–Crippen MR) is 68.4 cm³/mol. The van der Waals surface area contributed by atoms with Gasteiger partial charge in [-0.05, 0) is 37.1 Å². The predicted octanol–water partition coefficient (Wildman–Crippen LogP) is 4.67. The summed E-state index contributed by atoms with van der Waals surface area (Å²) >= 11 is 2.97. The third kappa shape index (κ3) is 3.26. The SMILES string of the molecule is FC(F)(F)c1cc(C2CCCCCN2)ccc1Br. The molecule has 0 radical (unpaired) electrons. The number of rotatable bonds is 1. The summed E-state index contributed by atoms with van der Waals surface area (Å²) in [5.41, 5.74) is 0.137. The highest BCUT2D eigenvalue weighted by molar-refractivity contribution is 9.10. The van der Waals surface area contributed by atoms with Crippen molar-refractivity contribution in [1.82, 2.24) is 5.32 Å². The molecule has 1 aliphatic heterocycles. The summed E-state index contributed by atoms with van der Waals surface area (Å²) in [7, 11) is 0. The molecule has 1 saturated heterocycles. The van der Waals surface area contributed by atoms with E-state index in [0.29, 0.717) is 0 Å². The molecule has 1 N–H and O–H groups in total. The molecule has 1 heterocycles. The Morgan fingerprint density at radius 3 is 2.67 bits per heavy atom. The van der Waals surface area contributed by atoms with Crippen LogP contribution in [0.1, 0.15) is 42.9 Å². The number of hydrogen-bond acceptors (Lipinski definition) is 1. The van der Waals surface area contributed by atoms with E-state index in [1.54, 1.807) is 6.07 Å². The Morgan fingerprint density at radius 2 is 1.94 bits per heavy atom. The maximum Gasteiger partial charge on any atom is 0.417 e. The number of alkyl halides is 3. The van der Waals surface area contributed by atoms with Gasteiger partial charge in [-0.25, -0.2) is 0 Å². The van der Waals surface area contributed by atoms with Gasteiger partial charge in [0, 0.05) is 10.5 Å². The Labute approximate surface area is 113 Å². The van der Waals surface area contributed by atoms with Crippen LogP contribution in [0.25, 0.3) is 0 Å². The summed E-state index contributed by atoms with van der Waals surface area (Å²) in [6, 6.07) is 4.56. The van der Waals surface area contributed by atoms with Gasteiger partial charge in [0.15, 0.2) is 0 Å². The van der Waals surface area contributed by atoms with E-state index in [0.717, 1.165) is 37.8 Å². The summed E-state index contributed by atoms with van der Waals surface area (Å²) in [4.78, 5) is 0. The first-order valence-electron chi connectivity index (χ1n) is 6.08. The van der Waals surface area contributed by atoms with Crippen LogP contribution in [0.15, 0.2) is 22.7 Å². The molecule has 0 bridgehead atoms. The Balaban J connectivity index is 2.28. The van der Waals surface area contributed by atoms with Gasteiger partial charge in [0.05, 0.1) is 5.56 Å².